The number of aryl methyl sites for hydroxylation is 1. The molecule has 0 N–H and O–H groups in total. The molecule has 1 heterocycles. The van der Waals surface area contributed by atoms with E-state index in [-0.39, 0.29) is 5.56 Å². The minimum absolute atomic E-state index is 0.0285. The Hall–Kier alpha value is 0.220. The lowest BCUT2D eigenvalue weighted by Crippen LogP contribution is -1.99. The summed E-state index contributed by atoms with van der Waals surface area (Å²) in [5.74, 6) is -1.14. The zero-order valence-corrected chi connectivity index (χ0v) is 14.7. The molecule has 6 heteroatoms. The Kier molecular flexibility index (Phi) is 4.62. The molecular formula is C12H7Br3F2S. The third kappa shape index (κ3) is 2.86. The second-order valence-corrected chi connectivity index (χ2v) is 7.69. The van der Waals surface area contributed by atoms with Crippen molar-refractivity contribution in [3.05, 3.63) is 54.1 Å². The van der Waals surface area contributed by atoms with Gasteiger partial charge in [-0.25, -0.2) is 8.78 Å². The topological polar surface area (TPSA) is 0 Å². The molecule has 1 unspecified atom stereocenters. The van der Waals surface area contributed by atoms with E-state index in [9.17, 15) is 8.78 Å². The van der Waals surface area contributed by atoms with E-state index in [1.807, 2.05) is 13.0 Å². The van der Waals surface area contributed by atoms with Gasteiger partial charge in [0.2, 0.25) is 0 Å². The van der Waals surface area contributed by atoms with Crippen molar-refractivity contribution in [2.24, 2.45) is 0 Å². The van der Waals surface area contributed by atoms with Gasteiger partial charge in [0.25, 0.3) is 0 Å². The first-order valence-corrected chi connectivity index (χ1v) is 8.26. The predicted molar refractivity (Wildman–Crippen MR) is 81.6 cm³/mol. The fourth-order valence-corrected chi connectivity index (χ4v) is 5.14. The average Bonchev–Trinajstić information content (AvgIpc) is 2.56. The fourth-order valence-electron chi connectivity index (χ4n) is 1.60. The molecule has 0 nitrogen and oxygen atoms in total. The van der Waals surface area contributed by atoms with Gasteiger partial charge in [0.1, 0.15) is 11.6 Å². The molecule has 0 fully saturated rings. The second kappa shape index (κ2) is 5.69. The first-order chi connectivity index (χ1) is 8.40. The summed E-state index contributed by atoms with van der Waals surface area (Å²) in [4.78, 5) is 1.44. The van der Waals surface area contributed by atoms with Crippen molar-refractivity contribution in [3.8, 4) is 0 Å². The Morgan fingerprint density at radius 3 is 2.11 bits per heavy atom. The van der Waals surface area contributed by atoms with E-state index in [4.69, 9.17) is 0 Å². The Balaban J connectivity index is 2.52. The van der Waals surface area contributed by atoms with Crippen molar-refractivity contribution in [1.29, 1.82) is 0 Å². The number of thiophene rings is 1. The molecule has 1 atom stereocenters. The lowest BCUT2D eigenvalue weighted by Gasteiger charge is -2.12. The van der Waals surface area contributed by atoms with Gasteiger partial charge in [0.05, 0.1) is 4.83 Å². The first-order valence-electron chi connectivity index (χ1n) is 4.94. The van der Waals surface area contributed by atoms with E-state index < -0.39 is 16.5 Å². The van der Waals surface area contributed by atoms with Crippen LogP contribution < -0.4 is 0 Å². The third-order valence-electron chi connectivity index (χ3n) is 2.36. The molecule has 96 valence electrons. The maximum Gasteiger partial charge on any atom is 0.131 e. The van der Waals surface area contributed by atoms with Crippen molar-refractivity contribution >= 4 is 59.1 Å². The Bertz CT molecular complexity index is 572. The predicted octanol–water partition coefficient (Wildman–Crippen LogP) is 6.34. The van der Waals surface area contributed by atoms with Crippen molar-refractivity contribution in [2.75, 3.05) is 0 Å². The Morgan fingerprint density at radius 2 is 1.67 bits per heavy atom. The zero-order valence-electron chi connectivity index (χ0n) is 9.11. The highest BCUT2D eigenvalue weighted by atomic mass is 79.9. The molecule has 0 saturated heterocycles. The van der Waals surface area contributed by atoms with Crippen LogP contribution in [0.5, 0.6) is 0 Å². The molecule has 2 aromatic rings. The van der Waals surface area contributed by atoms with E-state index >= 15 is 0 Å². The van der Waals surface area contributed by atoms with Gasteiger partial charge in [0.15, 0.2) is 0 Å². The van der Waals surface area contributed by atoms with Crippen LogP contribution in [-0.4, -0.2) is 0 Å². The van der Waals surface area contributed by atoms with Crippen molar-refractivity contribution < 1.29 is 8.78 Å². The van der Waals surface area contributed by atoms with Gasteiger partial charge in [-0.1, -0.05) is 31.9 Å². The summed E-state index contributed by atoms with van der Waals surface area (Å²) in [6.07, 6.45) is 0. The van der Waals surface area contributed by atoms with Gasteiger partial charge in [-0.05, 0) is 41.1 Å². The normalized spacial score (nSPS) is 12.8. The average molecular weight is 461 g/mol. The largest absolute Gasteiger partial charge is 0.206 e. The Morgan fingerprint density at radius 1 is 1.11 bits per heavy atom. The smallest absolute Gasteiger partial charge is 0.131 e. The van der Waals surface area contributed by atoms with Gasteiger partial charge < -0.3 is 0 Å². The van der Waals surface area contributed by atoms with Crippen LogP contribution in [0.1, 0.15) is 20.1 Å². The first kappa shape index (κ1) is 14.6. The summed E-state index contributed by atoms with van der Waals surface area (Å²) >= 11 is 11.3. The highest BCUT2D eigenvalue weighted by Gasteiger charge is 2.23. The standard InChI is InChI=1S/C12H7Br3F2S/c1-5-2-7(14)12(18-5)11(15)10-8(16)3-6(13)4-9(10)17/h2-4,11H,1H3. The fraction of sp³-hybridized carbons (Fsp3) is 0.167. The van der Waals surface area contributed by atoms with Gasteiger partial charge in [0, 0.05) is 24.3 Å². The number of benzene rings is 1. The number of halogens is 5. The van der Waals surface area contributed by atoms with E-state index in [2.05, 4.69) is 47.8 Å². The highest BCUT2D eigenvalue weighted by Crippen LogP contribution is 2.42. The van der Waals surface area contributed by atoms with Crippen molar-refractivity contribution in [2.45, 2.75) is 11.8 Å². The lowest BCUT2D eigenvalue weighted by molar-refractivity contribution is 0.560. The molecular weight excluding hydrogens is 454 g/mol. The molecule has 18 heavy (non-hydrogen) atoms. The van der Waals surface area contributed by atoms with Crippen LogP contribution in [0.25, 0.3) is 0 Å². The number of hydrogen-bond donors (Lipinski definition) is 0. The van der Waals surface area contributed by atoms with Crippen LogP contribution in [0.4, 0.5) is 8.78 Å². The lowest BCUT2D eigenvalue weighted by atomic mass is 10.1. The van der Waals surface area contributed by atoms with E-state index in [1.165, 1.54) is 23.5 Å². The van der Waals surface area contributed by atoms with Crippen LogP contribution in [0, 0.1) is 18.6 Å². The molecule has 0 radical (unpaired) electrons. The van der Waals surface area contributed by atoms with Gasteiger partial charge in [-0.2, -0.15) is 0 Å². The van der Waals surface area contributed by atoms with Gasteiger partial charge in [-0.15, -0.1) is 11.3 Å². The summed E-state index contributed by atoms with van der Waals surface area (Å²) in [6, 6.07) is 4.46. The summed E-state index contributed by atoms with van der Waals surface area (Å²) in [7, 11) is 0. The number of alkyl halides is 1. The molecule has 0 amide bonds. The van der Waals surface area contributed by atoms with Gasteiger partial charge in [-0.3, -0.25) is 0 Å². The van der Waals surface area contributed by atoms with E-state index in [1.54, 1.807) is 0 Å². The van der Waals surface area contributed by atoms with Gasteiger partial charge >= 0.3 is 0 Å². The summed E-state index contributed by atoms with van der Waals surface area (Å²) in [5, 5.41) is 0. The molecule has 0 spiro atoms. The van der Waals surface area contributed by atoms with Crippen LogP contribution >= 0.6 is 59.1 Å². The van der Waals surface area contributed by atoms with Crippen LogP contribution in [0.2, 0.25) is 0 Å². The zero-order chi connectivity index (χ0) is 13.4. The molecule has 2 rings (SSSR count). The maximum absolute atomic E-state index is 13.9. The van der Waals surface area contributed by atoms with Crippen LogP contribution in [-0.2, 0) is 0 Å². The highest BCUT2D eigenvalue weighted by molar-refractivity contribution is 9.11. The maximum atomic E-state index is 13.9. The molecule has 0 saturated carbocycles. The molecule has 1 aromatic heterocycles. The molecule has 0 aliphatic rings. The molecule has 1 aromatic carbocycles. The summed E-state index contributed by atoms with van der Waals surface area (Å²) < 4.78 is 29.0. The Labute approximate surface area is 133 Å². The van der Waals surface area contributed by atoms with Crippen LogP contribution in [0.15, 0.2) is 27.1 Å². The minimum Gasteiger partial charge on any atom is -0.206 e. The summed E-state index contributed by atoms with van der Waals surface area (Å²) in [5.41, 5.74) is 0.0285. The monoisotopic (exact) mass is 458 g/mol. The SMILES string of the molecule is Cc1cc(Br)c(C(Br)c2c(F)cc(Br)cc2F)s1. The van der Waals surface area contributed by atoms with Crippen molar-refractivity contribution in [1.82, 2.24) is 0 Å². The van der Waals surface area contributed by atoms with Crippen LogP contribution in [0.3, 0.4) is 0 Å². The minimum atomic E-state index is -0.568. The number of rotatable bonds is 2. The van der Waals surface area contributed by atoms with E-state index in [0.717, 1.165) is 14.2 Å². The van der Waals surface area contributed by atoms with E-state index in [0.29, 0.717) is 4.47 Å². The van der Waals surface area contributed by atoms with Crippen molar-refractivity contribution in [3.63, 3.8) is 0 Å². The third-order valence-corrected chi connectivity index (χ3v) is 6.07. The number of hydrogen-bond acceptors (Lipinski definition) is 1. The second-order valence-electron chi connectivity index (χ2n) is 3.71. The molecule has 0 aliphatic carbocycles. The molecule has 0 aliphatic heterocycles. The summed E-state index contributed by atoms with van der Waals surface area (Å²) in [6.45, 7) is 1.95. The molecule has 0 bridgehead atoms. The quantitative estimate of drug-likeness (QED) is 0.458.